The van der Waals surface area contributed by atoms with Gasteiger partial charge in [-0.2, -0.15) is 0 Å². The fraction of sp³-hybridized carbons (Fsp3) is 0.400. The number of fused-ring (bicyclic) bond motifs is 1. The number of benzene rings is 1. The smallest absolute Gasteiger partial charge is 0.339 e. The van der Waals surface area contributed by atoms with Gasteiger partial charge in [0.1, 0.15) is 12.2 Å². The first-order valence-corrected chi connectivity index (χ1v) is 8.66. The Balaban J connectivity index is 2.07. The second-order valence-corrected chi connectivity index (χ2v) is 7.22. The summed E-state index contributed by atoms with van der Waals surface area (Å²) in [7, 11) is -3.62. The minimum absolute atomic E-state index is 0.0185. The van der Waals surface area contributed by atoms with E-state index in [4.69, 9.17) is 4.74 Å². The summed E-state index contributed by atoms with van der Waals surface area (Å²) in [6, 6.07) is 4.54. The molecule has 118 valence electrons. The highest BCUT2D eigenvalue weighted by atomic mass is 32.2. The summed E-state index contributed by atoms with van der Waals surface area (Å²) in [5.74, 6) is -1.01. The van der Waals surface area contributed by atoms with Gasteiger partial charge in [-0.3, -0.25) is 4.31 Å². The molecule has 0 saturated carbocycles. The second-order valence-electron chi connectivity index (χ2n) is 5.30. The Labute approximate surface area is 129 Å². The molecule has 1 aliphatic carbocycles. The third-order valence-electron chi connectivity index (χ3n) is 3.90. The van der Waals surface area contributed by atoms with Crippen molar-refractivity contribution in [2.24, 2.45) is 0 Å². The average molecular weight is 323 g/mol. The average Bonchev–Trinajstić information content (AvgIpc) is 2.54. The monoisotopic (exact) mass is 323 g/mol. The van der Waals surface area contributed by atoms with Crippen LogP contribution >= 0.6 is 0 Å². The molecule has 0 unspecified atom stereocenters. The van der Waals surface area contributed by atoms with Crippen molar-refractivity contribution < 1.29 is 23.1 Å². The highest BCUT2D eigenvalue weighted by Crippen LogP contribution is 2.39. The lowest BCUT2D eigenvalue weighted by atomic mass is 10.1. The van der Waals surface area contributed by atoms with E-state index in [1.807, 2.05) is 0 Å². The molecule has 1 aromatic rings. The molecule has 0 spiro atoms. The molecular weight excluding hydrogens is 306 g/mol. The zero-order valence-electron chi connectivity index (χ0n) is 12.0. The number of para-hydroxylation sites is 1. The number of hydrogen-bond acceptors (Lipinski definition) is 4. The first-order chi connectivity index (χ1) is 10.5. The summed E-state index contributed by atoms with van der Waals surface area (Å²) in [5, 5.41) is 9.22. The molecule has 0 bridgehead atoms. The minimum Gasteiger partial charge on any atom is -0.489 e. The van der Waals surface area contributed by atoms with Gasteiger partial charge in [0.25, 0.3) is 10.0 Å². The SMILES string of the molecule is O=C(O)c1cccc2c1OCCN2S(=O)(=O)C1=CCCCC1. The summed E-state index contributed by atoms with van der Waals surface area (Å²) >= 11 is 0. The number of carboxylic acids is 1. The van der Waals surface area contributed by atoms with Crippen LogP contribution in [0.15, 0.2) is 29.2 Å². The molecule has 6 nitrogen and oxygen atoms in total. The van der Waals surface area contributed by atoms with Crippen LogP contribution in [0.2, 0.25) is 0 Å². The summed E-state index contributed by atoms with van der Waals surface area (Å²) in [6.45, 7) is 0.333. The summed E-state index contributed by atoms with van der Waals surface area (Å²) in [5.41, 5.74) is 0.285. The van der Waals surface area contributed by atoms with Gasteiger partial charge < -0.3 is 9.84 Å². The number of carbonyl (C=O) groups is 1. The number of anilines is 1. The fourth-order valence-electron chi connectivity index (χ4n) is 2.83. The Morgan fingerprint density at radius 1 is 1.27 bits per heavy atom. The predicted octanol–water partition coefficient (Wildman–Crippen LogP) is 2.37. The van der Waals surface area contributed by atoms with Gasteiger partial charge in [0, 0.05) is 0 Å². The van der Waals surface area contributed by atoms with Crippen molar-refractivity contribution in [1.29, 1.82) is 0 Å². The number of rotatable bonds is 3. The Kier molecular flexibility index (Phi) is 3.82. The zero-order chi connectivity index (χ0) is 15.7. The third kappa shape index (κ3) is 2.45. The number of allylic oxidation sites excluding steroid dienone is 2. The van der Waals surface area contributed by atoms with Crippen molar-refractivity contribution in [1.82, 2.24) is 0 Å². The first-order valence-electron chi connectivity index (χ1n) is 7.22. The van der Waals surface area contributed by atoms with E-state index in [0.717, 1.165) is 19.3 Å². The molecule has 0 atom stereocenters. The van der Waals surface area contributed by atoms with Gasteiger partial charge >= 0.3 is 5.97 Å². The van der Waals surface area contributed by atoms with Crippen molar-refractivity contribution in [3.05, 3.63) is 34.7 Å². The Bertz CT molecular complexity index is 738. The van der Waals surface area contributed by atoms with Crippen LogP contribution in [-0.2, 0) is 10.0 Å². The molecule has 0 amide bonds. The predicted molar refractivity (Wildman–Crippen MR) is 81.7 cm³/mol. The van der Waals surface area contributed by atoms with Crippen molar-refractivity contribution in [2.75, 3.05) is 17.5 Å². The van der Waals surface area contributed by atoms with Gasteiger partial charge in [0.2, 0.25) is 0 Å². The van der Waals surface area contributed by atoms with Gasteiger partial charge in [0.15, 0.2) is 5.75 Å². The van der Waals surface area contributed by atoms with Crippen molar-refractivity contribution in [2.45, 2.75) is 25.7 Å². The molecule has 3 rings (SSSR count). The van der Waals surface area contributed by atoms with Crippen LogP contribution in [0.4, 0.5) is 5.69 Å². The van der Waals surface area contributed by atoms with Crippen LogP contribution in [0, 0.1) is 0 Å². The number of sulfonamides is 1. The van der Waals surface area contributed by atoms with E-state index in [1.165, 1.54) is 16.4 Å². The molecule has 0 aromatic heterocycles. The number of aromatic carboxylic acids is 1. The quantitative estimate of drug-likeness (QED) is 0.923. The van der Waals surface area contributed by atoms with Crippen molar-refractivity contribution in [3.63, 3.8) is 0 Å². The molecule has 1 aliphatic heterocycles. The van der Waals surface area contributed by atoms with E-state index in [9.17, 15) is 18.3 Å². The van der Waals surface area contributed by atoms with Gasteiger partial charge in [0.05, 0.1) is 17.1 Å². The molecule has 0 saturated heterocycles. The first kappa shape index (κ1) is 14.9. The zero-order valence-corrected chi connectivity index (χ0v) is 12.8. The Morgan fingerprint density at radius 3 is 2.77 bits per heavy atom. The Hall–Kier alpha value is -2.02. The molecule has 1 heterocycles. The van der Waals surface area contributed by atoms with Crippen molar-refractivity contribution >= 4 is 21.7 Å². The lowest BCUT2D eigenvalue weighted by Gasteiger charge is -2.32. The fourth-order valence-corrected chi connectivity index (χ4v) is 4.56. The normalized spacial score (nSPS) is 18.2. The molecule has 2 aliphatic rings. The van der Waals surface area contributed by atoms with Crippen LogP contribution in [0.1, 0.15) is 36.0 Å². The van der Waals surface area contributed by atoms with Gasteiger partial charge in [-0.1, -0.05) is 12.1 Å². The summed E-state index contributed by atoms with van der Waals surface area (Å²) < 4.78 is 32.4. The van der Waals surface area contributed by atoms with E-state index in [2.05, 4.69) is 0 Å². The third-order valence-corrected chi connectivity index (χ3v) is 5.90. The summed E-state index contributed by atoms with van der Waals surface area (Å²) in [4.78, 5) is 11.7. The standard InChI is InChI=1S/C15H17NO5S/c17-15(18)12-7-4-8-13-14(12)21-10-9-16(13)22(19,20)11-5-2-1-3-6-11/h4-5,7-8H,1-3,6,9-10H2,(H,17,18). The van der Waals surface area contributed by atoms with Crippen LogP contribution in [0.25, 0.3) is 0 Å². The van der Waals surface area contributed by atoms with Crippen LogP contribution in [-0.4, -0.2) is 32.6 Å². The second kappa shape index (κ2) is 5.64. The van der Waals surface area contributed by atoms with Gasteiger partial charge in [-0.25, -0.2) is 13.2 Å². The van der Waals surface area contributed by atoms with E-state index < -0.39 is 16.0 Å². The largest absolute Gasteiger partial charge is 0.489 e. The van der Waals surface area contributed by atoms with Crippen molar-refractivity contribution in [3.8, 4) is 5.75 Å². The highest BCUT2D eigenvalue weighted by molar-refractivity contribution is 7.96. The number of carboxylic acid groups (broad SMARTS) is 1. The van der Waals surface area contributed by atoms with E-state index in [-0.39, 0.29) is 24.5 Å². The molecule has 0 radical (unpaired) electrons. The molecule has 0 fully saturated rings. The molecule has 1 N–H and O–H groups in total. The number of nitrogens with zero attached hydrogens (tertiary/aromatic N) is 1. The molecule has 1 aromatic carbocycles. The van der Waals surface area contributed by atoms with E-state index in [1.54, 1.807) is 12.1 Å². The maximum atomic E-state index is 12.8. The molecule has 7 heteroatoms. The molecule has 22 heavy (non-hydrogen) atoms. The molecular formula is C15H17NO5S. The topological polar surface area (TPSA) is 83.9 Å². The number of ether oxygens (including phenoxy) is 1. The Morgan fingerprint density at radius 2 is 2.09 bits per heavy atom. The van der Waals surface area contributed by atoms with Crippen LogP contribution in [0.3, 0.4) is 0 Å². The maximum absolute atomic E-state index is 12.8. The van der Waals surface area contributed by atoms with E-state index in [0.29, 0.717) is 17.0 Å². The highest BCUT2D eigenvalue weighted by Gasteiger charge is 2.33. The maximum Gasteiger partial charge on any atom is 0.339 e. The lowest BCUT2D eigenvalue weighted by molar-refractivity contribution is 0.0692. The number of hydrogen-bond donors (Lipinski definition) is 1. The van der Waals surface area contributed by atoms with Crippen LogP contribution < -0.4 is 9.04 Å². The van der Waals surface area contributed by atoms with E-state index >= 15 is 0 Å². The minimum atomic E-state index is -3.62. The lowest BCUT2D eigenvalue weighted by Crippen LogP contribution is -2.39. The van der Waals surface area contributed by atoms with Crippen LogP contribution in [0.5, 0.6) is 5.75 Å². The summed E-state index contributed by atoms with van der Waals surface area (Å²) in [6.07, 6.45) is 4.93. The van der Waals surface area contributed by atoms with Gasteiger partial charge in [-0.15, -0.1) is 0 Å². The van der Waals surface area contributed by atoms with Gasteiger partial charge in [-0.05, 0) is 37.8 Å².